The summed E-state index contributed by atoms with van der Waals surface area (Å²) in [5, 5.41) is 23.4. The second-order valence-electron chi connectivity index (χ2n) is 24.2. The Bertz CT molecular complexity index is 1080. The zero-order valence-electron chi connectivity index (χ0n) is 51.3. The van der Waals surface area contributed by atoms with E-state index in [2.05, 4.69) is 19.2 Å². The second-order valence-corrected chi connectivity index (χ2v) is 24.2. The minimum Gasteiger partial charge on any atom is -0.466 e. The fraction of sp³-hybridized carbons (Fsp3) is 0.971. The predicted octanol–water partition coefficient (Wildman–Crippen LogP) is 22.2. The van der Waals surface area contributed by atoms with E-state index in [1.807, 2.05) is 0 Å². The molecular weight excluding hydrogens is 923 g/mol. The number of unbranched alkanes of at least 4 members (excludes halogenated alkanes) is 55. The molecule has 0 aliphatic carbocycles. The van der Waals surface area contributed by atoms with Crippen molar-refractivity contribution in [2.24, 2.45) is 0 Å². The Balaban J connectivity index is 3.34. The van der Waals surface area contributed by atoms with Crippen LogP contribution in [0, 0.1) is 0 Å². The quantitative estimate of drug-likeness (QED) is 0.0417. The van der Waals surface area contributed by atoms with Gasteiger partial charge in [0.15, 0.2) is 0 Å². The van der Waals surface area contributed by atoms with Crippen LogP contribution in [0.2, 0.25) is 0 Å². The van der Waals surface area contributed by atoms with Gasteiger partial charge in [0.2, 0.25) is 5.91 Å². The first-order chi connectivity index (χ1) is 37.0. The molecule has 0 saturated heterocycles. The molecule has 0 spiro atoms. The largest absolute Gasteiger partial charge is 0.466 e. The number of esters is 1. The highest BCUT2D eigenvalue weighted by molar-refractivity contribution is 5.76. The van der Waals surface area contributed by atoms with Crippen molar-refractivity contribution in [3.05, 3.63) is 0 Å². The van der Waals surface area contributed by atoms with Crippen LogP contribution in [0.5, 0.6) is 0 Å². The third-order valence-electron chi connectivity index (χ3n) is 16.7. The molecule has 1 amide bonds. The molecule has 75 heavy (non-hydrogen) atoms. The summed E-state index contributed by atoms with van der Waals surface area (Å²) in [6.07, 6.45) is 78.6. The summed E-state index contributed by atoms with van der Waals surface area (Å²) < 4.78 is 5.48. The second kappa shape index (κ2) is 65.4. The first-order valence-corrected chi connectivity index (χ1v) is 34.8. The maximum Gasteiger partial charge on any atom is 0.305 e. The van der Waals surface area contributed by atoms with Crippen molar-refractivity contribution in [2.75, 3.05) is 13.2 Å². The maximum atomic E-state index is 12.5. The van der Waals surface area contributed by atoms with Crippen LogP contribution in [0.15, 0.2) is 0 Å². The molecule has 0 fully saturated rings. The molecule has 0 aromatic rings. The van der Waals surface area contributed by atoms with Gasteiger partial charge in [-0.25, -0.2) is 0 Å². The number of hydrogen-bond donors (Lipinski definition) is 3. The standard InChI is InChI=1S/C69H137NO5/c1-3-5-7-9-11-13-15-17-18-19-29-32-35-38-41-45-49-53-57-61-67(72)66(65-71)70-68(73)62-58-54-50-46-42-39-36-33-30-27-25-23-21-20-22-24-26-28-31-34-37-40-44-48-52-56-60-64-75-69(74)63-59-55-51-47-43-16-14-12-10-8-6-4-2/h66-67,71-72H,3-65H2,1-2H3,(H,70,73). The zero-order chi connectivity index (χ0) is 54.3. The molecule has 6 nitrogen and oxygen atoms in total. The smallest absolute Gasteiger partial charge is 0.305 e. The van der Waals surface area contributed by atoms with Gasteiger partial charge in [-0.15, -0.1) is 0 Å². The number of rotatable bonds is 66. The topological polar surface area (TPSA) is 95.9 Å². The molecule has 2 atom stereocenters. The molecule has 0 rings (SSSR count). The van der Waals surface area contributed by atoms with E-state index in [-0.39, 0.29) is 18.5 Å². The third kappa shape index (κ3) is 61.9. The Morgan fingerprint density at radius 3 is 0.813 bits per heavy atom. The summed E-state index contributed by atoms with van der Waals surface area (Å²) in [6, 6.07) is -0.539. The minimum absolute atomic E-state index is 0.0200. The van der Waals surface area contributed by atoms with Gasteiger partial charge in [0.05, 0.1) is 25.4 Å². The van der Waals surface area contributed by atoms with Gasteiger partial charge in [-0.3, -0.25) is 9.59 Å². The Labute approximate surface area is 470 Å². The Morgan fingerprint density at radius 2 is 0.547 bits per heavy atom. The Kier molecular flexibility index (Phi) is 64.4. The van der Waals surface area contributed by atoms with Gasteiger partial charge in [-0.05, 0) is 25.7 Å². The lowest BCUT2D eigenvalue weighted by Gasteiger charge is -2.22. The van der Waals surface area contributed by atoms with Crippen molar-refractivity contribution >= 4 is 11.9 Å². The number of nitrogens with one attached hydrogen (secondary N) is 1. The molecule has 0 aromatic heterocycles. The molecule has 0 aliphatic heterocycles. The Morgan fingerprint density at radius 1 is 0.320 bits per heavy atom. The highest BCUT2D eigenvalue weighted by atomic mass is 16.5. The fourth-order valence-electron chi connectivity index (χ4n) is 11.4. The van der Waals surface area contributed by atoms with Gasteiger partial charge in [0, 0.05) is 12.8 Å². The normalized spacial score (nSPS) is 12.4. The van der Waals surface area contributed by atoms with Crippen molar-refractivity contribution < 1.29 is 24.5 Å². The van der Waals surface area contributed by atoms with Gasteiger partial charge in [0.25, 0.3) is 0 Å². The average molecular weight is 1060 g/mol. The molecule has 0 aliphatic rings. The molecule has 448 valence electrons. The van der Waals surface area contributed by atoms with Gasteiger partial charge in [-0.1, -0.05) is 367 Å². The van der Waals surface area contributed by atoms with E-state index < -0.39 is 12.1 Å². The molecule has 2 unspecified atom stereocenters. The molecule has 0 radical (unpaired) electrons. The van der Waals surface area contributed by atoms with Crippen LogP contribution in [-0.4, -0.2) is 47.4 Å². The predicted molar refractivity (Wildman–Crippen MR) is 329 cm³/mol. The number of amides is 1. The number of carbonyl (C=O) groups is 2. The third-order valence-corrected chi connectivity index (χ3v) is 16.7. The number of aliphatic hydroxyl groups excluding tert-OH is 2. The van der Waals surface area contributed by atoms with Gasteiger partial charge >= 0.3 is 5.97 Å². The van der Waals surface area contributed by atoms with Gasteiger partial charge in [0.1, 0.15) is 0 Å². The zero-order valence-corrected chi connectivity index (χ0v) is 51.3. The number of aliphatic hydroxyl groups is 2. The van der Waals surface area contributed by atoms with Crippen molar-refractivity contribution in [3.63, 3.8) is 0 Å². The summed E-state index contributed by atoms with van der Waals surface area (Å²) in [7, 11) is 0. The summed E-state index contributed by atoms with van der Waals surface area (Å²) in [4.78, 5) is 24.6. The maximum absolute atomic E-state index is 12.5. The highest BCUT2D eigenvalue weighted by Gasteiger charge is 2.20. The van der Waals surface area contributed by atoms with E-state index in [0.29, 0.717) is 25.9 Å². The fourth-order valence-corrected chi connectivity index (χ4v) is 11.4. The van der Waals surface area contributed by atoms with E-state index >= 15 is 0 Å². The van der Waals surface area contributed by atoms with Crippen LogP contribution >= 0.6 is 0 Å². The molecule has 0 aromatic carbocycles. The molecule has 0 heterocycles. The van der Waals surface area contributed by atoms with Crippen molar-refractivity contribution in [3.8, 4) is 0 Å². The lowest BCUT2D eigenvalue weighted by Crippen LogP contribution is -2.45. The van der Waals surface area contributed by atoms with Crippen LogP contribution in [0.3, 0.4) is 0 Å². The van der Waals surface area contributed by atoms with E-state index in [1.54, 1.807) is 0 Å². The van der Waals surface area contributed by atoms with E-state index in [0.717, 1.165) is 38.5 Å². The van der Waals surface area contributed by atoms with Crippen LogP contribution in [0.25, 0.3) is 0 Å². The SMILES string of the molecule is CCCCCCCCCCCCCCCCCCCCCC(O)C(CO)NC(=O)CCCCCCCCCCCCCCCCCCCCCCCCCCCCCOC(=O)CCCCCCCCCCCCCC. The average Bonchev–Trinajstić information content (AvgIpc) is 3.41. The molecule has 6 heteroatoms. The van der Waals surface area contributed by atoms with Crippen LogP contribution in [-0.2, 0) is 14.3 Å². The number of carbonyl (C=O) groups excluding carboxylic acids is 2. The van der Waals surface area contributed by atoms with E-state index in [4.69, 9.17) is 4.74 Å². The van der Waals surface area contributed by atoms with E-state index in [9.17, 15) is 19.8 Å². The molecule has 0 bridgehead atoms. The number of hydrogen-bond acceptors (Lipinski definition) is 5. The van der Waals surface area contributed by atoms with Crippen LogP contribution < -0.4 is 5.32 Å². The van der Waals surface area contributed by atoms with Crippen molar-refractivity contribution in [1.29, 1.82) is 0 Å². The summed E-state index contributed by atoms with van der Waals surface area (Å²) in [5.41, 5.74) is 0. The van der Waals surface area contributed by atoms with Gasteiger partial charge < -0.3 is 20.3 Å². The molecule has 3 N–H and O–H groups in total. The molecular formula is C69H137NO5. The lowest BCUT2D eigenvalue weighted by atomic mass is 10.0. The first kappa shape index (κ1) is 73.9. The lowest BCUT2D eigenvalue weighted by molar-refractivity contribution is -0.143. The van der Waals surface area contributed by atoms with Crippen LogP contribution in [0.4, 0.5) is 0 Å². The summed E-state index contributed by atoms with van der Waals surface area (Å²) in [6.45, 7) is 5.00. The van der Waals surface area contributed by atoms with Crippen LogP contribution in [0.1, 0.15) is 406 Å². The minimum atomic E-state index is -0.662. The number of ether oxygens (including phenoxy) is 1. The monoisotopic (exact) mass is 1060 g/mol. The first-order valence-electron chi connectivity index (χ1n) is 34.8. The van der Waals surface area contributed by atoms with Crippen molar-refractivity contribution in [2.45, 2.75) is 418 Å². The van der Waals surface area contributed by atoms with E-state index in [1.165, 1.54) is 334 Å². The highest BCUT2D eigenvalue weighted by Crippen LogP contribution is 2.19. The van der Waals surface area contributed by atoms with Crippen molar-refractivity contribution in [1.82, 2.24) is 5.32 Å². The Hall–Kier alpha value is -1.14. The molecule has 0 saturated carbocycles. The summed E-state index contributed by atoms with van der Waals surface area (Å²) >= 11 is 0. The summed E-state index contributed by atoms with van der Waals surface area (Å²) in [5.74, 6) is -0.00732. The van der Waals surface area contributed by atoms with Gasteiger partial charge in [-0.2, -0.15) is 0 Å².